The van der Waals surface area contributed by atoms with E-state index in [1.54, 1.807) is 23.5 Å². The largest absolute Gasteiger partial charge is 0.352 e. The molecule has 12 heteroatoms. The highest BCUT2D eigenvalue weighted by molar-refractivity contribution is 7.17. The Kier molecular flexibility index (Phi) is 7.78. The van der Waals surface area contributed by atoms with Crippen LogP contribution in [0.2, 0.25) is 0 Å². The Morgan fingerprint density at radius 2 is 1.88 bits per heavy atom. The summed E-state index contributed by atoms with van der Waals surface area (Å²) >= 11 is 1.65. The van der Waals surface area contributed by atoms with E-state index in [4.69, 9.17) is 10.7 Å². The summed E-state index contributed by atoms with van der Waals surface area (Å²) < 4.78 is 28.8. The fourth-order valence-electron chi connectivity index (χ4n) is 4.95. The van der Waals surface area contributed by atoms with Gasteiger partial charge in [-0.15, -0.1) is 11.3 Å². The number of halogens is 2. The van der Waals surface area contributed by atoms with Crippen LogP contribution in [0.1, 0.15) is 41.8 Å². The highest BCUT2D eigenvalue weighted by atomic mass is 32.1. The van der Waals surface area contributed by atoms with E-state index >= 15 is 0 Å². The van der Waals surface area contributed by atoms with Gasteiger partial charge in [0.05, 0.1) is 12.1 Å². The smallest absolute Gasteiger partial charge is 0.312 e. The van der Waals surface area contributed by atoms with Crippen LogP contribution in [0.15, 0.2) is 48.7 Å². The molecular formula is C28H28F2N6O3S. The number of carbonyl (C=O) groups is 3. The predicted octanol–water partition coefficient (Wildman–Crippen LogP) is 4.12. The quantitative estimate of drug-likeness (QED) is 0.256. The minimum atomic E-state index is -0.867. The van der Waals surface area contributed by atoms with E-state index in [1.165, 1.54) is 17.5 Å². The maximum Gasteiger partial charge on any atom is 0.312 e. The molecule has 40 heavy (non-hydrogen) atoms. The molecule has 0 spiro atoms. The van der Waals surface area contributed by atoms with Crippen molar-refractivity contribution in [3.63, 3.8) is 0 Å². The second-order valence-electron chi connectivity index (χ2n) is 9.83. The lowest BCUT2D eigenvalue weighted by molar-refractivity contribution is -0.125. The number of aryl methyl sites for hydroxylation is 1. The molecule has 0 aliphatic heterocycles. The molecule has 208 valence electrons. The monoisotopic (exact) mass is 566 g/mol. The van der Waals surface area contributed by atoms with Crippen molar-refractivity contribution in [3.8, 4) is 11.3 Å². The number of nitrogens with zero attached hydrogens (tertiary/aromatic N) is 2. The van der Waals surface area contributed by atoms with Crippen molar-refractivity contribution >= 4 is 39.8 Å². The number of rotatable bonds is 8. The molecule has 1 aliphatic rings. The van der Waals surface area contributed by atoms with Crippen LogP contribution in [-0.2, 0) is 22.4 Å². The number of imidazole rings is 1. The van der Waals surface area contributed by atoms with Crippen LogP contribution in [0.3, 0.4) is 0 Å². The van der Waals surface area contributed by atoms with E-state index < -0.39 is 35.5 Å². The van der Waals surface area contributed by atoms with Crippen LogP contribution >= 0.6 is 11.3 Å². The molecule has 0 saturated heterocycles. The van der Waals surface area contributed by atoms with E-state index in [9.17, 15) is 23.2 Å². The number of amides is 4. The zero-order valence-corrected chi connectivity index (χ0v) is 22.5. The number of thiazole rings is 1. The van der Waals surface area contributed by atoms with Gasteiger partial charge in [0, 0.05) is 46.5 Å². The predicted molar refractivity (Wildman–Crippen MR) is 148 cm³/mol. The number of hydrogen-bond donors (Lipinski definition) is 4. The number of anilines is 1. The molecule has 0 bridgehead atoms. The van der Waals surface area contributed by atoms with Crippen molar-refractivity contribution in [1.82, 2.24) is 20.0 Å². The van der Waals surface area contributed by atoms with Gasteiger partial charge in [0.25, 0.3) is 0 Å². The van der Waals surface area contributed by atoms with E-state index in [-0.39, 0.29) is 17.9 Å². The normalized spacial score (nSPS) is 15.3. The van der Waals surface area contributed by atoms with Crippen LogP contribution in [0.5, 0.6) is 0 Å². The molecule has 9 nitrogen and oxygen atoms in total. The van der Waals surface area contributed by atoms with Crippen LogP contribution < -0.4 is 21.7 Å². The summed E-state index contributed by atoms with van der Waals surface area (Å²) in [5.74, 6) is -2.34. The Bertz CT molecular complexity index is 1560. The molecule has 4 amide bonds. The first-order valence-electron chi connectivity index (χ1n) is 12.9. The SMILES string of the molecule is C[C@H](NC(=O)Cc1cc(F)cc(F)c1)C(=O)Nc1ccc(-c2cn3c4c(sc3n2)CCCC4CNC(N)=O)cc1. The molecule has 2 aromatic heterocycles. The lowest BCUT2D eigenvalue weighted by atomic mass is 9.91. The zero-order valence-electron chi connectivity index (χ0n) is 21.7. The van der Waals surface area contributed by atoms with Gasteiger partial charge < -0.3 is 21.7 Å². The lowest BCUT2D eigenvalue weighted by Crippen LogP contribution is -2.42. The van der Waals surface area contributed by atoms with Crippen LogP contribution in [0.25, 0.3) is 16.2 Å². The molecule has 0 radical (unpaired) electrons. The van der Waals surface area contributed by atoms with Crippen molar-refractivity contribution in [1.29, 1.82) is 0 Å². The maximum absolute atomic E-state index is 13.4. The summed E-state index contributed by atoms with van der Waals surface area (Å²) in [6.07, 6.45) is 4.74. The summed E-state index contributed by atoms with van der Waals surface area (Å²) in [6, 6.07) is 8.68. The third-order valence-electron chi connectivity index (χ3n) is 6.81. The summed E-state index contributed by atoms with van der Waals surface area (Å²) in [7, 11) is 0. The first-order chi connectivity index (χ1) is 19.2. The number of nitrogens with one attached hydrogen (secondary N) is 3. The maximum atomic E-state index is 13.4. The van der Waals surface area contributed by atoms with Gasteiger partial charge in [-0.2, -0.15) is 0 Å². The number of hydrogen-bond acceptors (Lipinski definition) is 5. The summed E-state index contributed by atoms with van der Waals surface area (Å²) in [5, 5.41) is 8.03. The second-order valence-corrected chi connectivity index (χ2v) is 10.9. The van der Waals surface area contributed by atoms with E-state index in [0.29, 0.717) is 12.2 Å². The Morgan fingerprint density at radius 3 is 2.58 bits per heavy atom. The van der Waals surface area contributed by atoms with Gasteiger partial charge in [0.15, 0.2) is 4.96 Å². The number of fused-ring (bicyclic) bond motifs is 3. The van der Waals surface area contributed by atoms with E-state index in [2.05, 4.69) is 20.4 Å². The van der Waals surface area contributed by atoms with Crippen LogP contribution in [0.4, 0.5) is 19.3 Å². The van der Waals surface area contributed by atoms with E-state index in [0.717, 1.165) is 53.7 Å². The minimum absolute atomic E-state index is 0.169. The van der Waals surface area contributed by atoms with Crippen molar-refractivity contribution in [3.05, 3.63) is 76.4 Å². The van der Waals surface area contributed by atoms with Gasteiger partial charge in [-0.25, -0.2) is 18.6 Å². The number of aromatic nitrogens is 2. The van der Waals surface area contributed by atoms with Gasteiger partial charge in [-0.05, 0) is 56.0 Å². The Labute approximate surface area is 232 Å². The van der Waals surface area contributed by atoms with Crippen LogP contribution in [0, 0.1) is 11.6 Å². The van der Waals surface area contributed by atoms with Crippen LogP contribution in [-0.4, -0.2) is 39.8 Å². The zero-order chi connectivity index (χ0) is 28.4. The van der Waals surface area contributed by atoms with Crippen molar-refractivity contribution in [2.24, 2.45) is 5.73 Å². The Hall–Kier alpha value is -4.32. The molecule has 1 unspecified atom stereocenters. The number of carbonyl (C=O) groups excluding carboxylic acids is 3. The molecule has 0 fully saturated rings. The molecular weight excluding hydrogens is 538 g/mol. The minimum Gasteiger partial charge on any atom is -0.352 e. The highest BCUT2D eigenvalue weighted by Gasteiger charge is 2.27. The number of benzene rings is 2. The Morgan fingerprint density at radius 1 is 1.15 bits per heavy atom. The third-order valence-corrected chi connectivity index (χ3v) is 7.94. The first kappa shape index (κ1) is 27.3. The van der Waals surface area contributed by atoms with Gasteiger partial charge in [0.2, 0.25) is 11.8 Å². The molecule has 2 aromatic carbocycles. The van der Waals surface area contributed by atoms with Gasteiger partial charge in [-0.3, -0.25) is 14.0 Å². The first-order valence-corrected chi connectivity index (χ1v) is 13.7. The van der Waals surface area contributed by atoms with E-state index in [1.807, 2.05) is 18.3 Å². The van der Waals surface area contributed by atoms with Crippen molar-refractivity contribution < 1.29 is 23.2 Å². The third kappa shape index (κ3) is 6.12. The molecule has 5 rings (SSSR count). The van der Waals surface area contributed by atoms with Gasteiger partial charge in [0.1, 0.15) is 17.7 Å². The summed E-state index contributed by atoms with van der Waals surface area (Å²) in [5.41, 5.74) is 8.82. The molecule has 5 N–H and O–H groups in total. The second kappa shape index (κ2) is 11.4. The number of primary amides is 1. The Balaban J connectivity index is 1.22. The lowest BCUT2D eigenvalue weighted by Gasteiger charge is -2.22. The van der Waals surface area contributed by atoms with Gasteiger partial charge >= 0.3 is 6.03 Å². The fourth-order valence-corrected chi connectivity index (χ4v) is 6.18. The molecule has 4 aromatic rings. The van der Waals surface area contributed by atoms with Gasteiger partial charge in [-0.1, -0.05) is 12.1 Å². The number of nitrogens with two attached hydrogens (primary N) is 1. The molecule has 1 aliphatic carbocycles. The topological polar surface area (TPSA) is 131 Å². The standard InChI is InChI=1S/C28H28F2N6O3S/c1-15(33-24(37)11-16-9-19(29)12-20(30)10-16)26(38)34-21-7-5-17(6-8-21)22-14-36-25-18(13-32-27(31)39)3-2-4-23(25)40-28(36)35-22/h5-10,12,14-15,18H,2-4,11,13H2,1H3,(H,33,37)(H,34,38)(H3,31,32,39)/t15-,18?/m0/s1. The molecule has 2 atom stereocenters. The summed E-state index contributed by atoms with van der Waals surface area (Å²) in [6.45, 7) is 2.01. The van der Waals surface area contributed by atoms with Crippen molar-refractivity contribution in [2.75, 3.05) is 11.9 Å². The fraction of sp³-hybridized carbons (Fsp3) is 0.286. The average Bonchev–Trinajstić information content (AvgIpc) is 3.45. The van der Waals surface area contributed by atoms with Crippen molar-refractivity contribution in [2.45, 2.75) is 44.6 Å². The molecule has 0 saturated carbocycles. The number of urea groups is 1. The summed E-state index contributed by atoms with van der Waals surface area (Å²) in [4.78, 5) is 43.1. The molecule has 2 heterocycles. The highest BCUT2D eigenvalue weighted by Crippen LogP contribution is 2.38. The average molecular weight is 567 g/mol.